The van der Waals surface area contributed by atoms with E-state index in [2.05, 4.69) is 54.6 Å². The van der Waals surface area contributed by atoms with Crippen molar-refractivity contribution in [2.24, 2.45) is 11.8 Å². The van der Waals surface area contributed by atoms with Crippen LogP contribution in [0.1, 0.15) is 31.2 Å². The third kappa shape index (κ3) is 3.72. The van der Waals surface area contributed by atoms with E-state index in [0.717, 1.165) is 12.8 Å². The largest absolute Gasteiger partial charge is 0.481 e. The minimum atomic E-state index is -0.682. The first-order valence-corrected chi connectivity index (χ1v) is 7.61. The SMILES string of the molecule is O=C(O)CCCC1CC1/C=C/c1ccc2ccccc2c1. The van der Waals surface area contributed by atoms with Crippen molar-refractivity contribution in [2.45, 2.75) is 25.7 Å². The van der Waals surface area contributed by atoms with E-state index in [9.17, 15) is 4.79 Å². The number of allylic oxidation sites excluding steroid dienone is 1. The second-order valence-corrected chi connectivity index (χ2v) is 5.91. The molecule has 0 saturated heterocycles. The summed E-state index contributed by atoms with van der Waals surface area (Å²) in [6, 6.07) is 14.9. The lowest BCUT2D eigenvalue weighted by Gasteiger charge is -1.99. The number of carboxylic acids is 1. The summed E-state index contributed by atoms with van der Waals surface area (Å²) in [5.74, 6) is 0.658. The predicted molar refractivity (Wildman–Crippen MR) is 86.1 cm³/mol. The fourth-order valence-corrected chi connectivity index (χ4v) is 2.90. The molecule has 2 aromatic rings. The van der Waals surface area contributed by atoms with Gasteiger partial charge in [-0.3, -0.25) is 4.79 Å². The average Bonchev–Trinajstić information content (AvgIpc) is 3.23. The normalized spacial score (nSPS) is 21.0. The maximum absolute atomic E-state index is 10.5. The molecule has 1 saturated carbocycles. The number of benzene rings is 2. The zero-order chi connectivity index (χ0) is 14.7. The lowest BCUT2D eigenvalue weighted by molar-refractivity contribution is -0.137. The van der Waals surface area contributed by atoms with Crippen LogP contribution in [0.15, 0.2) is 48.5 Å². The number of fused-ring (bicyclic) bond motifs is 1. The fourth-order valence-electron chi connectivity index (χ4n) is 2.90. The highest BCUT2D eigenvalue weighted by Gasteiger charge is 2.33. The molecule has 2 nitrogen and oxygen atoms in total. The van der Waals surface area contributed by atoms with Crippen LogP contribution in [0.4, 0.5) is 0 Å². The molecule has 1 N–H and O–H groups in total. The molecule has 2 aromatic carbocycles. The van der Waals surface area contributed by atoms with Crippen LogP contribution in [0, 0.1) is 11.8 Å². The van der Waals surface area contributed by atoms with E-state index >= 15 is 0 Å². The number of rotatable bonds is 6. The Labute approximate surface area is 125 Å². The second kappa shape index (κ2) is 6.13. The van der Waals surface area contributed by atoms with E-state index in [-0.39, 0.29) is 0 Å². The molecule has 1 aliphatic rings. The summed E-state index contributed by atoms with van der Waals surface area (Å²) >= 11 is 0. The zero-order valence-electron chi connectivity index (χ0n) is 12.0. The zero-order valence-corrected chi connectivity index (χ0v) is 12.0. The predicted octanol–water partition coefficient (Wildman–Crippen LogP) is 4.74. The van der Waals surface area contributed by atoms with Gasteiger partial charge in [0.05, 0.1) is 0 Å². The molecule has 0 amide bonds. The average molecular weight is 280 g/mol. The van der Waals surface area contributed by atoms with E-state index in [0.29, 0.717) is 18.3 Å². The quantitative estimate of drug-likeness (QED) is 0.829. The molecule has 2 atom stereocenters. The monoisotopic (exact) mass is 280 g/mol. The Bertz CT molecular complexity index is 672. The van der Waals surface area contributed by atoms with Gasteiger partial charge in [-0.1, -0.05) is 48.6 Å². The molecule has 0 aliphatic heterocycles. The molecule has 0 heterocycles. The van der Waals surface area contributed by atoms with Crippen LogP contribution < -0.4 is 0 Å². The summed E-state index contributed by atoms with van der Waals surface area (Å²) < 4.78 is 0. The molecule has 2 unspecified atom stereocenters. The van der Waals surface area contributed by atoms with Gasteiger partial charge in [-0.15, -0.1) is 0 Å². The minimum Gasteiger partial charge on any atom is -0.481 e. The molecule has 21 heavy (non-hydrogen) atoms. The Morgan fingerprint density at radius 3 is 2.81 bits per heavy atom. The van der Waals surface area contributed by atoms with Gasteiger partial charge in [0.1, 0.15) is 0 Å². The van der Waals surface area contributed by atoms with E-state index in [1.165, 1.54) is 22.8 Å². The Hall–Kier alpha value is -2.09. The van der Waals surface area contributed by atoms with E-state index in [1.54, 1.807) is 0 Å². The number of carbonyl (C=O) groups is 1. The second-order valence-electron chi connectivity index (χ2n) is 5.91. The van der Waals surface area contributed by atoms with Gasteiger partial charge in [0.2, 0.25) is 0 Å². The van der Waals surface area contributed by atoms with Crippen molar-refractivity contribution in [3.05, 3.63) is 54.1 Å². The number of carboxylic acid groups (broad SMARTS) is 1. The van der Waals surface area contributed by atoms with Gasteiger partial charge in [-0.2, -0.15) is 0 Å². The summed E-state index contributed by atoms with van der Waals surface area (Å²) in [4.78, 5) is 10.5. The van der Waals surface area contributed by atoms with Gasteiger partial charge in [-0.25, -0.2) is 0 Å². The van der Waals surface area contributed by atoms with Gasteiger partial charge < -0.3 is 5.11 Å². The molecule has 0 bridgehead atoms. The van der Waals surface area contributed by atoms with Crippen molar-refractivity contribution in [3.8, 4) is 0 Å². The topological polar surface area (TPSA) is 37.3 Å². The maximum Gasteiger partial charge on any atom is 0.303 e. The number of aliphatic carboxylic acids is 1. The van der Waals surface area contributed by atoms with Crippen molar-refractivity contribution >= 4 is 22.8 Å². The van der Waals surface area contributed by atoms with E-state index in [4.69, 9.17) is 5.11 Å². The van der Waals surface area contributed by atoms with Gasteiger partial charge in [0.15, 0.2) is 0 Å². The Morgan fingerprint density at radius 1 is 1.19 bits per heavy atom. The Morgan fingerprint density at radius 2 is 2.00 bits per heavy atom. The van der Waals surface area contributed by atoms with Crippen LogP contribution in [0.2, 0.25) is 0 Å². The molecule has 3 rings (SSSR count). The lowest BCUT2D eigenvalue weighted by Crippen LogP contribution is -1.94. The first-order chi connectivity index (χ1) is 10.2. The third-order valence-corrected chi connectivity index (χ3v) is 4.25. The van der Waals surface area contributed by atoms with Gasteiger partial charge in [0.25, 0.3) is 0 Å². The van der Waals surface area contributed by atoms with Crippen LogP contribution in [-0.2, 0) is 4.79 Å². The lowest BCUT2D eigenvalue weighted by atomic mass is 10.1. The van der Waals surface area contributed by atoms with E-state index < -0.39 is 5.97 Å². The highest BCUT2D eigenvalue weighted by atomic mass is 16.4. The fraction of sp³-hybridized carbons (Fsp3) is 0.316. The van der Waals surface area contributed by atoms with Crippen molar-refractivity contribution < 1.29 is 9.90 Å². The molecular weight excluding hydrogens is 260 g/mol. The van der Waals surface area contributed by atoms with Crippen molar-refractivity contribution in [3.63, 3.8) is 0 Å². The van der Waals surface area contributed by atoms with Gasteiger partial charge in [0, 0.05) is 6.42 Å². The van der Waals surface area contributed by atoms with Crippen LogP contribution in [-0.4, -0.2) is 11.1 Å². The Balaban J connectivity index is 1.55. The Kier molecular flexibility index (Phi) is 4.05. The van der Waals surface area contributed by atoms with Crippen molar-refractivity contribution in [1.82, 2.24) is 0 Å². The first-order valence-electron chi connectivity index (χ1n) is 7.61. The molecule has 2 heteroatoms. The number of hydrogen-bond donors (Lipinski definition) is 1. The maximum atomic E-state index is 10.5. The van der Waals surface area contributed by atoms with E-state index in [1.807, 2.05) is 0 Å². The molecule has 0 radical (unpaired) electrons. The molecule has 1 fully saturated rings. The highest BCUT2D eigenvalue weighted by molar-refractivity contribution is 5.84. The summed E-state index contributed by atoms with van der Waals surface area (Å²) in [5.41, 5.74) is 1.24. The molecular formula is C19H20O2. The first kappa shape index (κ1) is 13.9. The van der Waals surface area contributed by atoms with Crippen LogP contribution in [0.5, 0.6) is 0 Å². The summed E-state index contributed by atoms with van der Waals surface area (Å²) in [7, 11) is 0. The minimum absolute atomic E-state index is 0.303. The standard InChI is InChI=1S/C19H20O2/c20-19(21)7-3-6-17-13-18(17)11-9-14-8-10-15-4-1-2-5-16(15)12-14/h1-2,4-5,8-12,17-18H,3,6-7,13H2,(H,20,21)/b11-9+. The molecule has 0 aromatic heterocycles. The van der Waals surface area contributed by atoms with Crippen molar-refractivity contribution in [1.29, 1.82) is 0 Å². The van der Waals surface area contributed by atoms with Crippen LogP contribution >= 0.6 is 0 Å². The van der Waals surface area contributed by atoms with Crippen LogP contribution in [0.3, 0.4) is 0 Å². The molecule has 0 spiro atoms. The summed E-state index contributed by atoms with van der Waals surface area (Å²) in [6.07, 6.45) is 7.85. The van der Waals surface area contributed by atoms with Gasteiger partial charge in [-0.05, 0) is 53.5 Å². The summed E-state index contributed by atoms with van der Waals surface area (Å²) in [6.45, 7) is 0. The smallest absolute Gasteiger partial charge is 0.303 e. The molecule has 108 valence electrons. The third-order valence-electron chi connectivity index (χ3n) is 4.25. The van der Waals surface area contributed by atoms with Gasteiger partial charge >= 0.3 is 5.97 Å². The van der Waals surface area contributed by atoms with Crippen molar-refractivity contribution in [2.75, 3.05) is 0 Å². The highest BCUT2D eigenvalue weighted by Crippen LogP contribution is 2.43. The van der Waals surface area contributed by atoms with Crippen LogP contribution in [0.25, 0.3) is 16.8 Å². The number of hydrogen-bond acceptors (Lipinski definition) is 1. The summed E-state index contributed by atoms with van der Waals surface area (Å²) in [5, 5.41) is 11.2. The molecule has 1 aliphatic carbocycles.